The molecule has 0 aliphatic heterocycles. The lowest BCUT2D eigenvalue weighted by molar-refractivity contribution is -0.130. The van der Waals surface area contributed by atoms with Crippen LogP contribution in [0.15, 0.2) is 48.5 Å². The molecule has 1 aliphatic rings. The van der Waals surface area contributed by atoms with E-state index in [0.717, 1.165) is 36.6 Å². The van der Waals surface area contributed by atoms with Crippen molar-refractivity contribution in [2.24, 2.45) is 0 Å². The van der Waals surface area contributed by atoms with Crippen LogP contribution in [0.1, 0.15) is 30.4 Å². The largest absolute Gasteiger partial charge is 0.351 e. The van der Waals surface area contributed by atoms with Crippen LogP contribution >= 0.6 is 0 Å². The molecule has 0 saturated heterocycles. The fourth-order valence-electron chi connectivity index (χ4n) is 3.20. The second-order valence-electron chi connectivity index (χ2n) is 6.70. The maximum atomic E-state index is 13.2. The standard InChI is InChI=1S/C19H21FN2O3S/c1-26(24,25)22-17-9-3-14(4-10-17)13-21-18(23)19(11-2-12-19)15-5-7-16(20)8-6-15/h3-10,22H,2,11-13H2,1H3,(H,21,23). The summed E-state index contributed by atoms with van der Waals surface area (Å²) in [7, 11) is -3.31. The third kappa shape index (κ3) is 4.04. The topological polar surface area (TPSA) is 75.3 Å². The van der Waals surface area contributed by atoms with E-state index >= 15 is 0 Å². The maximum Gasteiger partial charge on any atom is 0.230 e. The number of anilines is 1. The highest BCUT2D eigenvalue weighted by Gasteiger charge is 2.45. The smallest absolute Gasteiger partial charge is 0.230 e. The molecule has 0 bridgehead atoms. The van der Waals surface area contributed by atoms with Gasteiger partial charge in [0.05, 0.1) is 11.7 Å². The summed E-state index contributed by atoms with van der Waals surface area (Å²) in [6.45, 7) is 0.348. The maximum absolute atomic E-state index is 13.2. The van der Waals surface area contributed by atoms with Crippen molar-refractivity contribution in [3.05, 3.63) is 65.5 Å². The highest BCUT2D eigenvalue weighted by Crippen LogP contribution is 2.44. The van der Waals surface area contributed by atoms with Crippen LogP contribution in [0.5, 0.6) is 0 Å². The molecule has 0 radical (unpaired) electrons. The van der Waals surface area contributed by atoms with Gasteiger partial charge in [-0.15, -0.1) is 0 Å². The van der Waals surface area contributed by atoms with Gasteiger partial charge in [-0.05, 0) is 48.2 Å². The van der Waals surface area contributed by atoms with Gasteiger partial charge in [0, 0.05) is 12.2 Å². The number of amides is 1. The zero-order valence-electron chi connectivity index (χ0n) is 14.5. The van der Waals surface area contributed by atoms with Gasteiger partial charge in [0.15, 0.2) is 0 Å². The lowest BCUT2D eigenvalue weighted by Crippen LogP contribution is -2.49. The molecule has 5 nitrogen and oxygen atoms in total. The number of halogens is 1. The average Bonchev–Trinajstić information content (AvgIpc) is 2.53. The molecule has 0 atom stereocenters. The summed E-state index contributed by atoms with van der Waals surface area (Å²) >= 11 is 0. The zero-order chi connectivity index (χ0) is 18.8. The van der Waals surface area contributed by atoms with Gasteiger partial charge in [0.2, 0.25) is 15.9 Å². The van der Waals surface area contributed by atoms with Crippen LogP contribution in [-0.2, 0) is 26.8 Å². The molecule has 1 amide bonds. The van der Waals surface area contributed by atoms with Gasteiger partial charge < -0.3 is 5.32 Å². The third-order valence-electron chi connectivity index (χ3n) is 4.75. The normalized spacial score (nSPS) is 15.8. The monoisotopic (exact) mass is 376 g/mol. The Balaban J connectivity index is 1.65. The van der Waals surface area contributed by atoms with E-state index in [1.165, 1.54) is 12.1 Å². The van der Waals surface area contributed by atoms with Crippen LogP contribution < -0.4 is 10.0 Å². The van der Waals surface area contributed by atoms with E-state index in [0.29, 0.717) is 12.2 Å². The van der Waals surface area contributed by atoms with Gasteiger partial charge in [-0.3, -0.25) is 9.52 Å². The predicted octanol–water partition coefficient (Wildman–Crippen LogP) is 2.94. The number of carbonyl (C=O) groups excluding carboxylic acids is 1. The minimum Gasteiger partial charge on any atom is -0.351 e. The highest BCUT2D eigenvalue weighted by molar-refractivity contribution is 7.92. The van der Waals surface area contributed by atoms with E-state index in [-0.39, 0.29) is 11.7 Å². The number of hydrogen-bond acceptors (Lipinski definition) is 3. The second-order valence-corrected chi connectivity index (χ2v) is 8.44. The molecule has 7 heteroatoms. The van der Waals surface area contributed by atoms with Crippen LogP contribution in [0.4, 0.5) is 10.1 Å². The summed E-state index contributed by atoms with van der Waals surface area (Å²) in [6, 6.07) is 13.0. The van der Waals surface area contributed by atoms with Gasteiger partial charge in [0.1, 0.15) is 5.82 Å². The third-order valence-corrected chi connectivity index (χ3v) is 5.36. The van der Waals surface area contributed by atoms with Crippen LogP contribution in [0.25, 0.3) is 0 Å². The Hall–Kier alpha value is -2.41. The van der Waals surface area contributed by atoms with Crippen molar-refractivity contribution in [2.75, 3.05) is 11.0 Å². The number of nitrogens with one attached hydrogen (secondary N) is 2. The fraction of sp³-hybridized carbons (Fsp3) is 0.316. The molecule has 0 unspecified atom stereocenters. The van der Waals surface area contributed by atoms with Crippen molar-refractivity contribution >= 4 is 21.6 Å². The van der Waals surface area contributed by atoms with E-state index in [2.05, 4.69) is 10.0 Å². The number of sulfonamides is 1. The molecule has 138 valence electrons. The average molecular weight is 376 g/mol. The van der Waals surface area contributed by atoms with Crippen molar-refractivity contribution in [1.29, 1.82) is 0 Å². The molecule has 0 heterocycles. The first-order chi connectivity index (χ1) is 12.3. The van der Waals surface area contributed by atoms with Crippen molar-refractivity contribution in [3.63, 3.8) is 0 Å². The van der Waals surface area contributed by atoms with Crippen LogP contribution in [-0.4, -0.2) is 20.6 Å². The van der Waals surface area contributed by atoms with Crippen LogP contribution in [0.2, 0.25) is 0 Å². The van der Waals surface area contributed by atoms with Gasteiger partial charge in [0.25, 0.3) is 0 Å². The summed E-state index contributed by atoms with van der Waals surface area (Å²) in [5, 5.41) is 2.95. The summed E-state index contributed by atoms with van der Waals surface area (Å²) in [5.41, 5.74) is 1.61. The quantitative estimate of drug-likeness (QED) is 0.814. The van der Waals surface area contributed by atoms with E-state index in [9.17, 15) is 17.6 Å². The number of benzene rings is 2. The van der Waals surface area contributed by atoms with E-state index in [1.54, 1.807) is 36.4 Å². The first kappa shape index (κ1) is 18.4. The molecule has 0 spiro atoms. The first-order valence-electron chi connectivity index (χ1n) is 8.40. The van der Waals surface area contributed by atoms with Crippen molar-refractivity contribution in [2.45, 2.75) is 31.2 Å². The molecule has 2 aromatic carbocycles. The van der Waals surface area contributed by atoms with Gasteiger partial charge >= 0.3 is 0 Å². The van der Waals surface area contributed by atoms with Crippen LogP contribution in [0, 0.1) is 5.82 Å². The molecule has 1 aliphatic carbocycles. The lowest BCUT2D eigenvalue weighted by atomic mass is 9.64. The summed E-state index contributed by atoms with van der Waals surface area (Å²) in [5.74, 6) is -0.375. The Labute approximate surface area is 152 Å². The zero-order valence-corrected chi connectivity index (χ0v) is 15.3. The number of rotatable bonds is 6. The molecule has 0 aromatic heterocycles. The SMILES string of the molecule is CS(=O)(=O)Nc1ccc(CNC(=O)C2(c3ccc(F)cc3)CCC2)cc1. The molecule has 3 rings (SSSR count). The summed E-state index contributed by atoms with van der Waals surface area (Å²) < 4.78 is 38.0. The Morgan fingerprint density at radius 2 is 1.69 bits per heavy atom. The van der Waals surface area contributed by atoms with E-state index in [1.807, 2.05) is 0 Å². The second kappa shape index (κ2) is 7.07. The number of hydrogen-bond donors (Lipinski definition) is 2. The minimum absolute atomic E-state index is 0.0614. The lowest BCUT2D eigenvalue weighted by Gasteiger charge is -2.40. The highest BCUT2D eigenvalue weighted by atomic mass is 32.2. The van der Waals surface area contributed by atoms with E-state index in [4.69, 9.17) is 0 Å². The molecule has 1 saturated carbocycles. The summed E-state index contributed by atoms with van der Waals surface area (Å²) in [6.07, 6.45) is 3.56. The van der Waals surface area contributed by atoms with Crippen molar-refractivity contribution in [3.8, 4) is 0 Å². The Bertz CT molecular complexity index is 889. The molecule has 1 fully saturated rings. The Morgan fingerprint density at radius 3 is 2.19 bits per heavy atom. The predicted molar refractivity (Wildman–Crippen MR) is 98.7 cm³/mol. The summed E-state index contributed by atoms with van der Waals surface area (Å²) in [4.78, 5) is 12.8. The van der Waals surface area contributed by atoms with Gasteiger partial charge in [-0.25, -0.2) is 12.8 Å². The Morgan fingerprint density at radius 1 is 1.08 bits per heavy atom. The van der Waals surface area contributed by atoms with Crippen LogP contribution in [0.3, 0.4) is 0 Å². The van der Waals surface area contributed by atoms with Gasteiger partial charge in [-0.2, -0.15) is 0 Å². The molecular formula is C19H21FN2O3S. The molecule has 26 heavy (non-hydrogen) atoms. The Kier molecular flexibility index (Phi) is 5.00. The minimum atomic E-state index is -3.31. The fourth-order valence-corrected chi connectivity index (χ4v) is 3.77. The number of carbonyl (C=O) groups is 1. The van der Waals surface area contributed by atoms with E-state index < -0.39 is 15.4 Å². The van der Waals surface area contributed by atoms with Gasteiger partial charge in [-0.1, -0.05) is 30.7 Å². The molecule has 2 aromatic rings. The first-order valence-corrected chi connectivity index (χ1v) is 10.3. The van der Waals surface area contributed by atoms with Crippen molar-refractivity contribution < 1.29 is 17.6 Å². The molecule has 2 N–H and O–H groups in total. The molecular weight excluding hydrogens is 355 g/mol. The van der Waals surface area contributed by atoms with Crippen molar-refractivity contribution in [1.82, 2.24) is 5.32 Å².